The molecule has 0 aliphatic rings. The number of aromatic carboxylic acids is 1. The van der Waals surface area contributed by atoms with Crippen molar-refractivity contribution in [1.82, 2.24) is 4.98 Å². The van der Waals surface area contributed by atoms with Crippen LogP contribution < -0.4 is 10.6 Å². The van der Waals surface area contributed by atoms with Crippen LogP contribution in [0, 0.1) is 6.92 Å². The van der Waals surface area contributed by atoms with Gasteiger partial charge in [-0.3, -0.25) is 4.98 Å². The predicted octanol–water partition coefficient (Wildman–Crippen LogP) is 2.44. The van der Waals surface area contributed by atoms with Gasteiger partial charge in [-0.25, -0.2) is 9.59 Å². The highest BCUT2D eigenvalue weighted by molar-refractivity contribution is 6.00. The zero-order valence-electron chi connectivity index (χ0n) is 11.1. The Bertz CT molecular complexity index is 700. The lowest BCUT2D eigenvalue weighted by atomic mass is 10.2. The van der Waals surface area contributed by atoms with Crippen LogP contribution in [0.1, 0.15) is 15.9 Å². The van der Waals surface area contributed by atoms with Crippen LogP contribution in [0.4, 0.5) is 16.2 Å². The number of carbonyl (C=O) groups excluding carboxylic acids is 1. The second-order valence-corrected chi connectivity index (χ2v) is 4.31. The number of nitrogens with one attached hydrogen (secondary N) is 2. The zero-order chi connectivity index (χ0) is 15.4. The number of anilines is 2. The second kappa shape index (κ2) is 5.91. The highest BCUT2D eigenvalue weighted by Crippen LogP contribution is 2.22. The molecule has 7 nitrogen and oxygen atoms in total. The van der Waals surface area contributed by atoms with E-state index in [0.717, 1.165) is 5.56 Å². The molecule has 7 heteroatoms. The Morgan fingerprint density at radius 2 is 1.95 bits per heavy atom. The normalized spacial score (nSPS) is 9.95. The van der Waals surface area contributed by atoms with Gasteiger partial charge in [-0.15, -0.1) is 0 Å². The molecule has 4 N–H and O–H groups in total. The Morgan fingerprint density at radius 3 is 2.57 bits per heavy atom. The minimum absolute atomic E-state index is 0.232. The molecule has 0 saturated heterocycles. The molecule has 2 aromatic rings. The summed E-state index contributed by atoms with van der Waals surface area (Å²) in [6, 6.07) is 5.00. The highest BCUT2D eigenvalue weighted by atomic mass is 16.4. The van der Waals surface area contributed by atoms with Crippen LogP contribution in [0.2, 0.25) is 0 Å². The lowest BCUT2D eigenvalue weighted by molar-refractivity contribution is 0.0694. The molecule has 21 heavy (non-hydrogen) atoms. The van der Waals surface area contributed by atoms with Gasteiger partial charge in [-0.1, -0.05) is 0 Å². The number of carbonyl (C=O) groups is 2. The van der Waals surface area contributed by atoms with E-state index in [-0.39, 0.29) is 11.3 Å². The number of hydrogen-bond acceptors (Lipinski definition) is 4. The van der Waals surface area contributed by atoms with E-state index in [1.807, 2.05) is 6.92 Å². The largest absolute Gasteiger partial charge is 0.507 e. The van der Waals surface area contributed by atoms with Crippen LogP contribution in [0.15, 0.2) is 36.7 Å². The summed E-state index contributed by atoms with van der Waals surface area (Å²) in [4.78, 5) is 26.5. The minimum atomic E-state index is -1.24. The van der Waals surface area contributed by atoms with Gasteiger partial charge in [0.2, 0.25) is 0 Å². The molecule has 2 rings (SSSR count). The number of amides is 2. The Labute approximate surface area is 120 Å². The lowest BCUT2D eigenvalue weighted by Gasteiger charge is -2.10. The zero-order valence-corrected chi connectivity index (χ0v) is 11.1. The summed E-state index contributed by atoms with van der Waals surface area (Å²) in [6.45, 7) is 1.82. The summed E-state index contributed by atoms with van der Waals surface area (Å²) in [5.74, 6) is -1.66. The van der Waals surface area contributed by atoms with Crippen LogP contribution in [-0.2, 0) is 0 Å². The SMILES string of the molecule is Cc1ccncc1NC(=O)Nc1ccc(C(=O)O)c(O)c1. The van der Waals surface area contributed by atoms with Crippen molar-refractivity contribution in [1.29, 1.82) is 0 Å². The predicted molar refractivity (Wildman–Crippen MR) is 76.7 cm³/mol. The quantitative estimate of drug-likeness (QED) is 0.692. The number of carboxylic acids is 1. The van der Waals surface area contributed by atoms with E-state index in [4.69, 9.17) is 5.11 Å². The van der Waals surface area contributed by atoms with Crippen molar-refractivity contribution in [3.63, 3.8) is 0 Å². The maximum absolute atomic E-state index is 11.8. The molecule has 0 saturated carbocycles. The van der Waals surface area contributed by atoms with E-state index in [1.54, 1.807) is 12.3 Å². The van der Waals surface area contributed by atoms with Crippen molar-refractivity contribution < 1.29 is 19.8 Å². The third kappa shape index (κ3) is 3.47. The van der Waals surface area contributed by atoms with Crippen LogP contribution in [0.25, 0.3) is 0 Å². The van der Waals surface area contributed by atoms with Crippen LogP contribution in [0.3, 0.4) is 0 Å². The van der Waals surface area contributed by atoms with E-state index in [9.17, 15) is 14.7 Å². The van der Waals surface area contributed by atoms with Crippen molar-refractivity contribution in [2.75, 3.05) is 10.6 Å². The van der Waals surface area contributed by atoms with Crippen molar-refractivity contribution in [2.24, 2.45) is 0 Å². The molecule has 1 aromatic carbocycles. The number of nitrogens with zero attached hydrogens (tertiary/aromatic N) is 1. The summed E-state index contributed by atoms with van der Waals surface area (Å²) >= 11 is 0. The van der Waals surface area contributed by atoms with Gasteiger partial charge in [0.15, 0.2) is 0 Å². The summed E-state index contributed by atoms with van der Waals surface area (Å²) in [6.07, 6.45) is 3.13. The van der Waals surface area contributed by atoms with Crippen molar-refractivity contribution >= 4 is 23.4 Å². The first-order chi connectivity index (χ1) is 9.97. The molecular weight excluding hydrogens is 274 g/mol. The Morgan fingerprint density at radius 1 is 1.19 bits per heavy atom. The number of hydrogen-bond donors (Lipinski definition) is 4. The fraction of sp³-hybridized carbons (Fsp3) is 0.0714. The number of aryl methyl sites for hydroxylation is 1. The van der Waals surface area contributed by atoms with Gasteiger partial charge in [0.05, 0.1) is 11.9 Å². The fourth-order valence-electron chi connectivity index (χ4n) is 1.67. The van der Waals surface area contributed by atoms with Crippen LogP contribution in [0.5, 0.6) is 5.75 Å². The second-order valence-electron chi connectivity index (χ2n) is 4.31. The topological polar surface area (TPSA) is 112 Å². The first kappa shape index (κ1) is 14.3. The number of carboxylic acid groups (broad SMARTS) is 1. The average Bonchev–Trinajstić information content (AvgIpc) is 2.41. The van der Waals surface area contributed by atoms with Crippen LogP contribution in [-0.4, -0.2) is 27.2 Å². The van der Waals surface area contributed by atoms with Gasteiger partial charge in [-0.05, 0) is 30.7 Å². The molecule has 1 aromatic heterocycles. The summed E-state index contributed by atoms with van der Waals surface area (Å²) in [7, 11) is 0. The Balaban J connectivity index is 2.08. The monoisotopic (exact) mass is 287 g/mol. The fourth-order valence-corrected chi connectivity index (χ4v) is 1.67. The number of benzene rings is 1. The molecule has 0 spiro atoms. The number of rotatable bonds is 3. The van der Waals surface area contributed by atoms with Gasteiger partial charge >= 0.3 is 12.0 Å². The van der Waals surface area contributed by atoms with E-state index < -0.39 is 17.7 Å². The number of aromatic hydroxyl groups is 1. The molecule has 108 valence electrons. The molecule has 0 fully saturated rings. The number of pyridine rings is 1. The maximum atomic E-state index is 11.8. The van der Waals surface area contributed by atoms with E-state index in [2.05, 4.69) is 15.6 Å². The molecule has 0 aliphatic heterocycles. The summed E-state index contributed by atoms with van der Waals surface area (Å²) in [5.41, 5.74) is 1.45. The molecule has 1 heterocycles. The average molecular weight is 287 g/mol. The van der Waals surface area contributed by atoms with Crippen molar-refractivity contribution in [3.8, 4) is 5.75 Å². The molecular formula is C14H13N3O4. The molecule has 2 amide bonds. The van der Waals surface area contributed by atoms with Gasteiger partial charge in [0, 0.05) is 18.0 Å². The molecule has 0 unspecified atom stereocenters. The Kier molecular flexibility index (Phi) is 4.03. The standard InChI is InChI=1S/C14H13N3O4/c1-8-4-5-15-7-11(8)17-14(21)16-9-2-3-10(13(19)20)12(18)6-9/h2-7,18H,1H3,(H,19,20)(H2,16,17,21). The molecule has 0 bridgehead atoms. The highest BCUT2D eigenvalue weighted by Gasteiger charge is 2.11. The van der Waals surface area contributed by atoms with E-state index in [0.29, 0.717) is 5.69 Å². The maximum Gasteiger partial charge on any atom is 0.339 e. The first-order valence-electron chi connectivity index (χ1n) is 6.02. The van der Waals surface area contributed by atoms with Crippen molar-refractivity contribution in [2.45, 2.75) is 6.92 Å². The van der Waals surface area contributed by atoms with E-state index >= 15 is 0 Å². The smallest absolute Gasteiger partial charge is 0.339 e. The lowest BCUT2D eigenvalue weighted by Crippen LogP contribution is -2.20. The van der Waals surface area contributed by atoms with Gasteiger partial charge in [0.25, 0.3) is 0 Å². The van der Waals surface area contributed by atoms with Gasteiger partial charge < -0.3 is 20.8 Å². The number of phenols is 1. The Hall–Kier alpha value is -3.09. The van der Waals surface area contributed by atoms with Gasteiger partial charge in [0.1, 0.15) is 11.3 Å². The first-order valence-corrected chi connectivity index (χ1v) is 6.02. The van der Waals surface area contributed by atoms with Gasteiger partial charge in [-0.2, -0.15) is 0 Å². The summed E-state index contributed by atoms with van der Waals surface area (Å²) in [5, 5.41) is 23.4. The minimum Gasteiger partial charge on any atom is -0.507 e. The van der Waals surface area contributed by atoms with Crippen molar-refractivity contribution in [3.05, 3.63) is 47.8 Å². The van der Waals surface area contributed by atoms with Crippen LogP contribution >= 0.6 is 0 Å². The summed E-state index contributed by atoms with van der Waals surface area (Å²) < 4.78 is 0. The molecule has 0 radical (unpaired) electrons. The third-order valence-corrected chi connectivity index (χ3v) is 2.77. The third-order valence-electron chi connectivity index (χ3n) is 2.77. The number of aromatic nitrogens is 1. The van der Waals surface area contributed by atoms with E-state index in [1.165, 1.54) is 24.4 Å². The molecule has 0 aliphatic carbocycles. The molecule has 0 atom stereocenters. The number of urea groups is 1.